The van der Waals surface area contributed by atoms with E-state index in [0.717, 1.165) is 19.5 Å². The third-order valence-electron chi connectivity index (χ3n) is 3.49. The first-order valence-electron chi connectivity index (χ1n) is 6.43. The van der Waals surface area contributed by atoms with Crippen LogP contribution >= 0.6 is 0 Å². The number of hydrogen-bond donors (Lipinski definition) is 1. The van der Waals surface area contributed by atoms with Crippen LogP contribution in [0.25, 0.3) is 0 Å². The van der Waals surface area contributed by atoms with E-state index < -0.39 is 0 Å². The van der Waals surface area contributed by atoms with Crippen LogP contribution in [0.1, 0.15) is 31.7 Å². The Morgan fingerprint density at radius 1 is 1.24 bits per heavy atom. The Morgan fingerprint density at radius 3 is 2.41 bits per heavy atom. The first kappa shape index (κ1) is 12.2. The molecule has 0 saturated heterocycles. The quantitative estimate of drug-likeness (QED) is 0.809. The Hall–Kier alpha value is -1.28. The van der Waals surface area contributed by atoms with E-state index in [1.807, 2.05) is 0 Å². The third kappa shape index (κ3) is 2.89. The van der Waals surface area contributed by atoms with Gasteiger partial charge in [0.25, 0.3) is 0 Å². The van der Waals surface area contributed by atoms with Gasteiger partial charge in [0.05, 0.1) is 0 Å². The average molecular weight is 230 g/mol. The summed E-state index contributed by atoms with van der Waals surface area (Å²) < 4.78 is 0. The largest absolute Gasteiger partial charge is 0.367 e. The van der Waals surface area contributed by atoms with Crippen molar-refractivity contribution < 1.29 is 0 Å². The van der Waals surface area contributed by atoms with Crippen molar-refractivity contribution in [2.24, 2.45) is 5.73 Å². The SMILES string of the molecule is CC(C)c1ccc(N2CC=C(CN)CC2)cc1. The second-order valence-electron chi connectivity index (χ2n) is 5.01. The molecule has 0 radical (unpaired) electrons. The molecule has 0 aromatic heterocycles. The fourth-order valence-corrected chi connectivity index (χ4v) is 2.20. The zero-order chi connectivity index (χ0) is 12.3. The number of nitrogens with zero attached hydrogens (tertiary/aromatic N) is 1. The lowest BCUT2D eigenvalue weighted by Crippen LogP contribution is -2.29. The van der Waals surface area contributed by atoms with E-state index in [0.29, 0.717) is 12.5 Å². The van der Waals surface area contributed by atoms with Crippen molar-refractivity contribution in [2.75, 3.05) is 24.5 Å². The lowest BCUT2D eigenvalue weighted by atomic mass is 10.0. The van der Waals surface area contributed by atoms with Crippen molar-refractivity contribution in [3.8, 4) is 0 Å². The third-order valence-corrected chi connectivity index (χ3v) is 3.49. The van der Waals surface area contributed by atoms with E-state index in [-0.39, 0.29) is 0 Å². The highest BCUT2D eigenvalue weighted by Gasteiger charge is 2.11. The molecule has 2 nitrogen and oxygen atoms in total. The topological polar surface area (TPSA) is 29.3 Å². The van der Waals surface area contributed by atoms with Gasteiger partial charge in [-0.2, -0.15) is 0 Å². The van der Waals surface area contributed by atoms with E-state index in [1.165, 1.54) is 16.8 Å². The van der Waals surface area contributed by atoms with Gasteiger partial charge in [0, 0.05) is 25.3 Å². The monoisotopic (exact) mass is 230 g/mol. The fraction of sp³-hybridized carbons (Fsp3) is 0.467. The molecule has 0 saturated carbocycles. The van der Waals surface area contributed by atoms with E-state index in [9.17, 15) is 0 Å². The zero-order valence-electron chi connectivity index (χ0n) is 10.8. The molecule has 1 heterocycles. The summed E-state index contributed by atoms with van der Waals surface area (Å²) in [7, 11) is 0. The molecule has 0 unspecified atom stereocenters. The van der Waals surface area contributed by atoms with Crippen LogP contribution in [0.3, 0.4) is 0 Å². The highest BCUT2D eigenvalue weighted by Crippen LogP contribution is 2.22. The Kier molecular flexibility index (Phi) is 3.85. The molecule has 0 bridgehead atoms. The maximum absolute atomic E-state index is 5.65. The predicted molar refractivity (Wildman–Crippen MR) is 74.5 cm³/mol. The maximum atomic E-state index is 5.65. The Bertz CT molecular complexity index is 390. The molecular weight excluding hydrogens is 208 g/mol. The second-order valence-corrected chi connectivity index (χ2v) is 5.01. The molecule has 1 aromatic carbocycles. The van der Waals surface area contributed by atoms with Gasteiger partial charge in [0.15, 0.2) is 0 Å². The van der Waals surface area contributed by atoms with Gasteiger partial charge in [-0.25, -0.2) is 0 Å². The van der Waals surface area contributed by atoms with Gasteiger partial charge in [-0.3, -0.25) is 0 Å². The summed E-state index contributed by atoms with van der Waals surface area (Å²) in [6.45, 7) is 7.25. The molecule has 2 rings (SSSR count). The van der Waals surface area contributed by atoms with Crippen LogP contribution in [-0.2, 0) is 0 Å². The van der Waals surface area contributed by atoms with Gasteiger partial charge < -0.3 is 10.6 Å². The lowest BCUT2D eigenvalue weighted by Gasteiger charge is -2.28. The number of rotatable bonds is 3. The minimum Gasteiger partial charge on any atom is -0.367 e. The van der Waals surface area contributed by atoms with Crippen LogP contribution in [0.5, 0.6) is 0 Å². The van der Waals surface area contributed by atoms with Gasteiger partial charge in [-0.05, 0) is 30.0 Å². The molecule has 0 aliphatic carbocycles. The normalized spacial score (nSPS) is 16.2. The summed E-state index contributed by atoms with van der Waals surface area (Å²) in [6.07, 6.45) is 3.36. The van der Waals surface area contributed by atoms with Crippen molar-refractivity contribution in [3.63, 3.8) is 0 Å². The van der Waals surface area contributed by atoms with Crippen molar-refractivity contribution in [2.45, 2.75) is 26.2 Å². The zero-order valence-corrected chi connectivity index (χ0v) is 10.8. The molecule has 0 amide bonds. The van der Waals surface area contributed by atoms with Crippen molar-refractivity contribution in [1.29, 1.82) is 0 Å². The summed E-state index contributed by atoms with van der Waals surface area (Å²) >= 11 is 0. The smallest absolute Gasteiger partial charge is 0.0369 e. The second kappa shape index (κ2) is 5.37. The molecule has 2 heteroatoms. The van der Waals surface area contributed by atoms with Gasteiger partial charge in [-0.15, -0.1) is 0 Å². The minimum atomic E-state index is 0.606. The molecular formula is C15H22N2. The standard InChI is InChI=1S/C15H22N2/c1-12(2)14-3-5-15(6-4-14)17-9-7-13(11-16)8-10-17/h3-7,12H,8-11,16H2,1-2H3. The van der Waals surface area contributed by atoms with Gasteiger partial charge in [0.1, 0.15) is 0 Å². The molecule has 17 heavy (non-hydrogen) atoms. The first-order chi connectivity index (χ1) is 8.20. The van der Waals surface area contributed by atoms with Crippen LogP contribution in [0.4, 0.5) is 5.69 Å². The van der Waals surface area contributed by atoms with E-state index in [4.69, 9.17) is 5.73 Å². The number of nitrogens with two attached hydrogens (primary N) is 1. The van der Waals surface area contributed by atoms with Crippen molar-refractivity contribution in [1.82, 2.24) is 0 Å². The Labute approximate surface area is 104 Å². The van der Waals surface area contributed by atoms with E-state index in [1.54, 1.807) is 0 Å². The minimum absolute atomic E-state index is 0.606. The average Bonchev–Trinajstić information content (AvgIpc) is 2.39. The van der Waals surface area contributed by atoms with Gasteiger partial charge >= 0.3 is 0 Å². The van der Waals surface area contributed by atoms with Crippen LogP contribution in [0.15, 0.2) is 35.9 Å². The predicted octanol–water partition coefficient (Wildman–Crippen LogP) is 2.91. The van der Waals surface area contributed by atoms with Crippen LogP contribution in [0.2, 0.25) is 0 Å². The van der Waals surface area contributed by atoms with E-state index in [2.05, 4.69) is 49.1 Å². The van der Waals surface area contributed by atoms with Crippen LogP contribution < -0.4 is 10.6 Å². The highest BCUT2D eigenvalue weighted by molar-refractivity contribution is 5.49. The van der Waals surface area contributed by atoms with Gasteiger partial charge in [-0.1, -0.05) is 37.6 Å². The summed E-state index contributed by atoms with van der Waals surface area (Å²) in [5, 5.41) is 0. The number of hydrogen-bond acceptors (Lipinski definition) is 2. The molecule has 0 fully saturated rings. The van der Waals surface area contributed by atoms with E-state index >= 15 is 0 Å². The number of benzene rings is 1. The summed E-state index contributed by atoms with van der Waals surface area (Å²) in [4.78, 5) is 2.41. The Morgan fingerprint density at radius 2 is 1.94 bits per heavy atom. The van der Waals surface area contributed by atoms with Crippen LogP contribution in [0, 0.1) is 0 Å². The highest BCUT2D eigenvalue weighted by atomic mass is 15.1. The molecule has 1 aromatic rings. The summed E-state index contributed by atoms with van der Waals surface area (Å²) in [5.41, 5.74) is 9.77. The lowest BCUT2D eigenvalue weighted by molar-refractivity contribution is 0.772. The molecule has 0 atom stereocenters. The molecule has 1 aliphatic rings. The molecule has 0 spiro atoms. The van der Waals surface area contributed by atoms with Crippen molar-refractivity contribution in [3.05, 3.63) is 41.5 Å². The van der Waals surface area contributed by atoms with Crippen LogP contribution in [-0.4, -0.2) is 19.6 Å². The maximum Gasteiger partial charge on any atom is 0.0369 e. The fourth-order valence-electron chi connectivity index (χ4n) is 2.20. The molecule has 2 N–H and O–H groups in total. The molecule has 1 aliphatic heterocycles. The van der Waals surface area contributed by atoms with Gasteiger partial charge in [0.2, 0.25) is 0 Å². The molecule has 92 valence electrons. The Balaban J connectivity index is 2.06. The summed E-state index contributed by atoms with van der Waals surface area (Å²) in [6, 6.07) is 8.94. The summed E-state index contributed by atoms with van der Waals surface area (Å²) in [5.74, 6) is 0.606. The first-order valence-corrected chi connectivity index (χ1v) is 6.43. The van der Waals surface area contributed by atoms with Crippen molar-refractivity contribution >= 4 is 5.69 Å². The number of anilines is 1.